The van der Waals surface area contributed by atoms with Gasteiger partial charge in [-0.05, 0) is 78.4 Å². The third kappa shape index (κ3) is 9.06. The molecule has 2 amide bonds. The summed E-state index contributed by atoms with van der Waals surface area (Å²) in [5.74, 6) is 0.534. The second-order valence-electron chi connectivity index (χ2n) is 12.9. The minimum Gasteiger partial charge on any atom is -0.399 e. The summed E-state index contributed by atoms with van der Waals surface area (Å²) in [5.41, 5.74) is 10.2. The molecule has 0 unspecified atom stereocenters. The fourth-order valence-corrected chi connectivity index (χ4v) is 7.99. The lowest BCUT2D eigenvalue weighted by atomic mass is 9.89. The zero-order valence-corrected chi connectivity index (χ0v) is 29.9. The number of anilines is 2. The van der Waals surface area contributed by atoms with Crippen molar-refractivity contribution in [2.24, 2.45) is 0 Å². The number of rotatable bonds is 8. The molecule has 2 fully saturated rings. The van der Waals surface area contributed by atoms with Gasteiger partial charge in [-0.15, -0.1) is 0 Å². The predicted octanol–water partition coefficient (Wildman–Crippen LogP) is 6.84. The molecule has 2 heterocycles. The standard InChI is InChI=1S/C24H24N2O4S.C18H20N2O/c27-24(25-14-16-30-17-15-25)21-10-7-11-22(18-21)26(19-20-8-3-1-4-9-20)31(28,29)23-12-5-2-6-13-23;19-17-8-4-7-16(13-17)18(21)20-11-9-15(10-12-20)14-5-2-1-3-6-14/h1-13,18H,14-17,19H2;1-8,13,15H,9-12,19H2. The molecule has 5 aromatic rings. The van der Waals surface area contributed by atoms with Crippen molar-refractivity contribution >= 4 is 33.2 Å². The maximum absolute atomic E-state index is 13.5. The lowest BCUT2D eigenvalue weighted by molar-refractivity contribution is 0.0303. The molecule has 0 aliphatic carbocycles. The molecule has 52 heavy (non-hydrogen) atoms. The Bertz CT molecular complexity index is 2030. The Balaban J connectivity index is 0.000000192. The Labute approximate surface area is 306 Å². The molecular formula is C42H44N4O5S. The zero-order valence-electron chi connectivity index (χ0n) is 29.1. The maximum Gasteiger partial charge on any atom is 0.264 e. The first-order valence-corrected chi connectivity index (χ1v) is 19.0. The van der Waals surface area contributed by atoms with Gasteiger partial charge in [-0.3, -0.25) is 13.9 Å². The van der Waals surface area contributed by atoms with Gasteiger partial charge in [0.1, 0.15) is 0 Å². The van der Waals surface area contributed by atoms with Crippen molar-refractivity contribution < 1.29 is 22.7 Å². The fourth-order valence-electron chi connectivity index (χ4n) is 6.52. The van der Waals surface area contributed by atoms with Crippen LogP contribution >= 0.6 is 0 Å². The third-order valence-electron chi connectivity index (χ3n) is 9.37. The van der Waals surface area contributed by atoms with Crippen LogP contribution in [0, 0.1) is 0 Å². The molecular weight excluding hydrogens is 673 g/mol. The van der Waals surface area contributed by atoms with Gasteiger partial charge in [0.05, 0.1) is 30.3 Å². The van der Waals surface area contributed by atoms with E-state index in [1.165, 1.54) is 9.87 Å². The van der Waals surface area contributed by atoms with Gasteiger partial charge < -0.3 is 20.3 Å². The Hall–Kier alpha value is -5.45. The van der Waals surface area contributed by atoms with Crippen molar-refractivity contribution in [1.82, 2.24) is 9.80 Å². The Morgan fingerprint density at radius 3 is 1.81 bits per heavy atom. The van der Waals surface area contributed by atoms with Gasteiger partial charge in [-0.25, -0.2) is 8.42 Å². The number of nitrogen functional groups attached to an aromatic ring is 1. The van der Waals surface area contributed by atoms with E-state index in [4.69, 9.17) is 10.5 Å². The molecule has 0 aromatic heterocycles. The molecule has 2 N–H and O–H groups in total. The molecule has 0 atom stereocenters. The normalized spacial score (nSPS) is 14.9. The number of likely N-dealkylation sites (tertiary alicyclic amines) is 1. The molecule has 0 radical (unpaired) electrons. The van der Waals surface area contributed by atoms with Crippen molar-refractivity contribution in [2.45, 2.75) is 30.2 Å². The Morgan fingerprint density at radius 2 is 1.19 bits per heavy atom. The van der Waals surface area contributed by atoms with E-state index < -0.39 is 10.0 Å². The zero-order chi connectivity index (χ0) is 36.3. The van der Waals surface area contributed by atoms with E-state index in [9.17, 15) is 18.0 Å². The van der Waals surface area contributed by atoms with Gasteiger partial charge in [0, 0.05) is 43.0 Å². The van der Waals surface area contributed by atoms with Gasteiger partial charge in [0.15, 0.2) is 0 Å². The second kappa shape index (κ2) is 17.2. The molecule has 2 aliphatic heterocycles. The maximum atomic E-state index is 13.5. The number of hydrogen-bond donors (Lipinski definition) is 1. The Kier molecular flexibility index (Phi) is 12.0. The molecule has 9 nitrogen and oxygen atoms in total. The summed E-state index contributed by atoms with van der Waals surface area (Å²) in [7, 11) is -3.83. The topological polar surface area (TPSA) is 113 Å². The molecule has 7 rings (SSSR count). The highest BCUT2D eigenvalue weighted by atomic mass is 32.2. The van der Waals surface area contributed by atoms with E-state index in [0.717, 1.165) is 31.5 Å². The van der Waals surface area contributed by atoms with E-state index in [1.807, 2.05) is 53.4 Å². The van der Waals surface area contributed by atoms with Crippen molar-refractivity contribution in [2.75, 3.05) is 49.4 Å². The molecule has 2 aliphatic rings. The van der Waals surface area contributed by atoms with Crippen LogP contribution in [-0.4, -0.2) is 69.4 Å². The number of nitrogens with two attached hydrogens (primary N) is 1. The van der Waals surface area contributed by atoms with Crippen molar-refractivity contribution in [1.29, 1.82) is 0 Å². The highest BCUT2D eigenvalue weighted by Gasteiger charge is 2.27. The van der Waals surface area contributed by atoms with Gasteiger partial charge >= 0.3 is 0 Å². The van der Waals surface area contributed by atoms with Gasteiger partial charge in [0.2, 0.25) is 0 Å². The van der Waals surface area contributed by atoms with E-state index >= 15 is 0 Å². The van der Waals surface area contributed by atoms with Crippen LogP contribution in [0.3, 0.4) is 0 Å². The van der Waals surface area contributed by atoms with E-state index in [1.54, 1.807) is 71.6 Å². The van der Waals surface area contributed by atoms with Crippen LogP contribution in [0.25, 0.3) is 0 Å². The molecule has 5 aromatic carbocycles. The highest BCUT2D eigenvalue weighted by Crippen LogP contribution is 2.29. The lowest BCUT2D eigenvalue weighted by Crippen LogP contribution is -2.40. The summed E-state index contributed by atoms with van der Waals surface area (Å²) in [6.07, 6.45) is 2.05. The minimum absolute atomic E-state index is 0.0915. The number of sulfonamides is 1. The predicted molar refractivity (Wildman–Crippen MR) is 205 cm³/mol. The molecule has 268 valence electrons. The van der Waals surface area contributed by atoms with Crippen LogP contribution in [-0.2, 0) is 21.3 Å². The number of morpholine rings is 1. The van der Waals surface area contributed by atoms with Gasteiger partial charge in [-0.1, -0.05) is 91.0 Å². The number of piperidine rings is 1. The number of ether oxygens (including phenoxy) is 1. The summed E-state index contributed by atoms with van der Waals surface area (Å²) in [6.45, 7) is 3.85. The summed E-state index contributed by atoms with van der Waals surface area (Å²) >= 11 is 0. The first-order chi connectivity index (χ1) is 25.3. The largest absolute Gasteiger partial charge is 0.399 e. The molecule has 0 bridgehead atoms. The van der Waals surface area contributed by atoms with Crippen LogP contribution in [0.2, 0.25) is 0 Å². The summed E-state index contributed by atoms with van der Waals surface area (Å²) in [5, 5.41) is 0. The smallest absolute Gasteiger partial charge is 0.264 e. The van der Waals surface area contributed by atoms with Gasteiger partial charge in [0.25, 0.3) is 21.8 Å². The summed E-state index contributed by atoms with van der Waals surface area (Å²) in [4.78, 5) is 29.3. The number of hydrogen-bond acceptors (Lipinski definition) is 6. The van der Waals surface area contributed by atoms with E-state index in [-0.39, 0.29) is 23.3 Å². The van der Waals surface area contributed by atoms with Crippen LogP contribution in [0.4, 0.5) is 11.4 Å². The quantitative estimate of drug-likeness (QED) is 0.176. The van der Waals surface area contributed by atoms with Crippen LogP contribution < -0.4 is 10.0 Å². The van der Waals surface area contributed by atoms with Crippen LogP contribution in [0.1, 0.15) is 50.6 Å². The van der Waals surface area contributed by atoms with Crippen LogP contribution in [0.5, 0.6) is 0 Å². The molecule has 0 spiro atoms. The monoisotopic (exact) mass is 716 g/mol. The minimum atomic E-state index is -3.83. The summed E-state index contributed by atoms with van der Waals surface area (Å²) < 4.78 is 33.7. The van der Waals surface area contributed by atoms with E-state index in [0.29, 0.717) is 54.7 Å². The van der Waals surface area contributed by atoms with E-state index in [2.05, 4.69) is 24.3 Å². The van der Waals surface area contributed by atoms with Crippen molar-refractivity contribution in [3.8, 4) is 0 Å². The van der Waals surface area contributed by atoms with Gasteiger partial charge in [-0.2, -0.15) is 0 Å². The number of benzene rings is 5. The number of nitrogens with zero attached hydrogens (tertiary/aromatic N) is 3. The highest BCUT2D eigenvalue weighted by molar-refractivity contribution is 7.92. The average molecular weight is 717 g/mol. The second-order valence-corrected chi connectivity index (χ2v) is 14.7. The molecule has 10 heteroatoms. The van der Waals surface area contributed by atoms with Crippen molar-refractivity contribution in [3.05, 3.63) is 162 Å². The van der Waals surface area contributed by atoms with Crippen LogP contribution in [0.15, 0.2) is 144 Å². The first-order valence-electron chi connectivity index (χ1n) is 17.6. The van der Waals surface area contributed by atoms with Crippen molar-refractivity contribution in [3.63, 3.8) is 0 Å². The Morgan fingerprint density at radius 1 is 0.654 bits per heavy atom. The third-order valence-corrected chi connectivity index (χ3v) is 11.2. The first kappa shape index (κ1) is 36.3. The fraction of sp³-hybridized carbons (Fsp3) is 0.238. The number of carbonyl (C=O) groups excluding carboxylic acids is 2. The SMILES string of the molecule is Nc1cccc(C(=O)N2CCC(c3ccccc3)CC2)c1.O=C(c1cccc(N(Cc2ccccc2)S(=O)(=O)c2ccccc2)c1)N1CCOCC1. The number of amides is 2. The molecule has 2 saturated heterocycles. The average Bonchev–Trinajstić information content (AvgIpc) is 3.21. The molecule has 0 saturated carbocycles. The lowest BCUT2D eigenvalue weighted by Gasteiger charge is -2.32. The summed E-state index contributed by atoms with van der Waals surface area (Å²) in [6, 6.07) is 42.4. The number of carbonyl (C=O) groups is 2.